The van der Waals surface area contributed by atoms with E-state index < -0.39 is 32.0 Å². The molecule has 3 aromatic carbocycles. The van der Waals surface area contributed by atoms with E-state index in [1.54, 1.807) is 36.4 Å². The second-order valence-electron chi connectivity index (χ2n) is 9.40. The van der Waals surface area contributed by atoms with Crippen molar-refractivity contribution >= 4 is 43.1 Å². The van der Waals surface area contributed by atoms with E-state index in [1.807, 2.05) is 56.3 Å². The lowest BCUT2D eigenvalue weighted by Crippen LogP contribution is -2.39. The minimum atomic E-state index is -4.44. The molecule has 1 aromatic heterocycles. The van der Waals surface area contributed by atoms with Crippen LogP contribution < -0.4 is 14.2 Å². The number of anilines is 1. The zero-order chi connectivity index (χ0) is 28.7. The Kier molecular flexibility index (Phi) is 7.27. The van der Waals surface area contributed by atoms with Gasteiger partial charge in [0.15, 0.2) is 11.6 Å². The van der Waals surface area contributed by atoms with Crippen molar-refractivity contribution in [1.82, 2.24) is 0 Å². The number of fused-ring (bicyclic) bond motifs is 2. The molecular weight excluding hydrogens is 556 g/mol. The molecule has 1 aliphatic rings. The number of hydrogen-bond acceptors (Lipinski definition) is 7. The predicted octanol–water partition coefficient (Wildman–Crippen LogP) is 4.92. The van der Waals surface area contributed by atoms with Crippen LogP contribution in [0.4, 0.5) is 5.69 Å². The molecule has 0 atom stereocenters. The summed E-state index contributed by atoms with van der Waals surface area (Å²) >= 11 is 0. The van der Waals surface area contributed by atoms with Crippen molar-refractivity contribution in [2.24, 2.45) is 0 Å². The van der Waals surface area contributed by atoms with Gasteiger partial charge in [0, 0.05) is 12.1 Å². The monoisotopic (exact) mass is 583 g/mol. The van der Waals surface area contributed by atoms with Gasteiger partial charge in [-0.25, -0.2) is 0 Å². The highest BCUT2D eigenvalue weighted by Gasteiger charge is 2.31. The average molecular weight is 584 g/mol. The van der Waals surface area contributed by atoms with Crippen LogP contribution in [-0.2, 0) is 26.1 Å². The minimum absolute atomic E-state index is 0.152. The lowest BCUT2D eigenvalue weighted by molar-refractivity contribution is -0.658. The number of benzene rings is 3. The fraction of sp³-hybridized carbons (Fsp3) is 0.179. The Morgan fingerprint density at radius 1 is 0.950 bits per heavy atom. The minimum Gasteiger partial charge on any atom is -0.439 e. The topological polar surface area (TPSA) is 138 Å². The Bertz CT molecular complexity index is 1880. The Hall–Kier alpha value is -3.97. The lowest BCUT2D eigenvalue weighted by atomic mass is 10.1. The van der Waals surface area contributed by atoms with Gasteiger partial charge in [0.1, 0.15) is 0 Å². The quantitative estimate of drug-likeness (QED) is 0.219. The van der Waals surface area contributed by atoms with E-state index in [4.69, 9.17) is 9.15 Å². The Morgan fingerprint density at radius 2 is 1.70 bits per heavy atom. The molecular formula is C28H27N2O8S2+. The molecule has 4 aromatic rings. The second kappa shape index (κ2) is 10.5. The third-order valence-corrected chi connectivity index (χ3v) is 7.50. The molecule has 0 unspecified atom stereocenters. The SMILES string of the molecule is CCC(=Cc1oc2ccc(-c3ccccc3)cc2[n+]1CS(=O)(=O)O)C=C1Oc2ccc(C)cc2N1CS(=O)(=O)O. The van der Waals surface area contributed by atoms with Gasteiger partial charge in [-0.15, -0.1) is 4.57 Å². The van der Waals surface area contributed by atoms with Crippen LogP contribution in [0.25, 0.3) is 28.3 Å². The summed E-state index contributed by atoms with van der Waals surface area (Å²) in [4.78, 5) is 1.35. The van der Waals surface area contributed by atoms with Gasteiger partial charge in [-0.05, 0) is 53.8 Å². The van der Waals surface area contributed by atoms with Crippen LogP contribution in [-0.4, -0.2) is 31.8 Å². The molecule has 0 bridgehead atoms. The zero-order valence-corrected chi connectivity index (χ0v) is 23.3. The summed E-state index contributed by atoms with van der Waals surface area (Å²) in [6.07, 6.45) is 3.63. The van der Waals surface area contributed by atoms with E-state index in [9.17, 15) is 25.9 Å². The van der Waals surface area contributed by atoms with E-state index in [1.165, 1.54) is 9.47 Å². The molecule has 2 heterocycles. The van der Waals surface area contributed by atoms with Gasteiger partial charge in [-0.3, -0.25) is 14.0 Å². The number of oxazole rings is 1. The smallest absolute Gasteiger partial charge is 0.375 e. The second-order valence-corrected chi connectivity index (χ2v) is 12.2. The summed E-state index contributed by atoms with van der Waals surface area (Å²) in [6, 6.07) is 20.2. The highest BCUT2D eigenvalue weighted by Crippen LogP contribution is 2.40. The summed E-state index contributed by atoms with van der Waals surface area (Å²) in [5.41, 5.74) is 4.58. The largest absolute Gasteiger partial charge is 0.439 e. The van der Waals surface area contributed by atoms with Crippen LogP contribution in [0, 0.1) is 6.92 Å². The van der Waals surface area contributed by atoms with E-state index in [-0.39, 0.29) is 11.8 Å². The normalized spacial score (nSPS) is 15.1. The fourth-order valence-corrected chi connectivity index (χ4v) is 5.68. The summed E-state index contributed by atoms with van der Waals surface area (Å²) in [5.74, 6) is -0.723. The van der Waals surface area contributed by atoms with Gasteiger partial charge in [-0.2, -0.15) is 16.8 Å². The number of aryl methyl sites for hydroxylation is 1. The van der Waals surface area contributed by atoms with Crippen LogP contribution in [0.1, 0.15) is 24.8 Å². The Morgan fingerprint density at radius 3 is 2.38 bits per heavy atom. The van der Waals surface area contributed by atoms with Crippen molar-refractivity contribution < 1.29 is 39.7 Å². The molecule has 0 aliphatic carbocycles. The molecule has 0 saturated heterocycles. The number of nitrogens with zero attached hydrogens (tertiary/aromatic N) is 2. The Labute approximate surface area is 231 Å². The van der Waals surface area contributed by atoms with Gasteiger partial charge in [0.25, 0.3) is 21.5 Å². The first-order valence-corrected chi connectivity index (χ1v) is 15.5. The summed E-state index contributed by atoms with van der Waals surface area (Å²) in [5, 5.41) is 0. The van der Waals surface area contributed by atoms with E-state index in [0.717, 1.165) is 16.7 Å². The molecule has 12 heteroatoms. The van der Waals surface area contributed by atoms with Crippen molar-refractivity contribution in [3.8, 4) is 16.9 Å². The number of ether oxygens (including phenoxy) is 1. The van der Waals surface area contributed by atoms with E-state index >= 15 is 0 Å². The molecule has 0 spiro atoms. The van der Waals surface area contributed by atoms with E-state index in [0.29, 0.717) is 34.5 Å². The van der Waals surface area contributed by atoms with Gasteiger partial charge in [0.05, 0.1) is 11.8 Å². The molecule has 0 saturated carbocycles. The van der Waals surface area contributed by atoms with Crippen LogP contribution in [0.2, 0.25) is 0 Å². The summed E-state index contributed by atoms with van der Waals surface area (Å²) in [6.45, 7) is 3.70. The highest BCUT2D eigenvalue weighted by atomic mass is 32.2. The maximum Gasteiger partial charge on any atom is 0.375 e. The predicted molar refractivity (Wildman–Crippen MR) is 150 cm³/mol. The van der Waals surface area contributed by atoms with Gasteiger partial charge >= 0.3 is 16.0 Å². The molecule has 5 rings (SSSR count). The summed E-state index contributed by atoms with van der Waals surface area (Å²) < 4.78 is 80.1. The third-order valence-electron chi connectivity index (χ3n) is 6.33. The number of allylic oxidation sites excluding steroid dienone is 2. The number of hydrogen-bond donors (Lipinski definition) is 2. The standard InChI is InChI=1S/C28H26N2O8S2/c1-3-20(14-27-29(17-39(31,32)33)23-13-19(2)9-11-25(23)37-27)15-28-30(18-40(34,35)36)24-16-22(10-12-26(24)38-28)21-7-5-4-6-8-21/h4-16H,3,17-18H2,1-2H3,(H-,31,32,33,34,35,36)/p+1. The van der Waals surface area contributed by atoms with Crippen LogP contribution in [0.15, 0.2) is 88.7 Å². The zero-order valence-electron chi connectivity index (χ0n) is 21.7. The Balaban J connectivity index is 1.62. The molecule has 1 aliphatic heterocycles. The molecule has 208 valence electrons. The van der Waals surface area contributed by atoms with Gasteiger partial charge < -0.3 is 9.15 Å². The molecule has 40 heavy (non-hydrogen) atoms. The number of rotatable bonds is 8. The molecule has 0 radical (unpaired) electrons. The molecule has 0 fully saturated rings. The van der Waals surface area contributed by atoms with Crippen LogP contribution in [0.3, 0.4) is 0 Å². The lowest BCUT2D eigenvalue weighted by Gasteiger charge is -2.16. The van der Waals surface area contributed by atoms with Gasteiger partial charge in [0.2, 0.25) is 11.5 Å². The third kappa shape index (κ3) is 6.10. The van der Waals surface area contributed by atoms with Crippen molar-refractivity contribution in [2.45, 2.75) is 26.1 Å². The molecule has 2 N–H and O–H groups in total. The van der Waals surface area contributed by atoms with Crippen molar-refractivity contribution in [1.29, 1.82) is 0 Å². The first-order chi connectivity index (χ1) is 18.9. The highest BCUT2D eigenvalue weighted by molar-refractivity contribution is 7.85. The van der Waals surface area contributed by atoms with Crippen LogP contribution >= 0.6 is 0 Å². The average Bonchev–Trinajstić information content (AvgIpc) is 3.38. The van der Waals surface area contributed by atoms with Crippen molar-refractivity contribution in [3.63, 3.8) is 0 Å². The van der Waals surface area contributed by atoms with Gasteiger partial charge in [-0.1, -0.05) is 49.4 Å². The van der Waals surface area contributed by atoms with E-state index in [2.05, 4.69) is 0 Å². The van der Waals surface area contributed by atoms with Crippen molar-refractivity contribution in [3.05, 3.63) is 95.7 Å². The molecule has 10 nitrogen and oxygen atoms in total. The first kappa shape index (κ1) is 27.6. The molecule has 0 amide bonds. The van der Waals surface area contributed by atoms with Crippen molar-refractivity contribution in [2.75, 3.05) is 10.8 Å². The first-order valence-electron chi connectivity index (χ1n) is 12.3. The van der Waals surface area contributed by atoms with Crippen LogP contribution in [0.5, 0.6) is 5.75 Å². The maximum absolute atomic E-state index is 12.0. The maximum atomic E-state index is 12.0. The number of aromatic nitrogens is 1. The fourth-order valence-electron chi connectivity index (χ4n) is 4.49. The summed E-state index contributed by atoms with van der Waals surface area (Å²) in [7, 11) is -8.84.